The molecule has 4 rings (SSSR count). The SMILES string of the molecule is OC1c2ccccc2-c2cccc3c2C1NCC3. The lowest BCUT2D eigenvalue weighted by Crippen LogP contribution is -2.36. The van der Waals surface area contributed by atoms with Crippen LogP contribution in [0.3, 0.4) is 0 Å². The number of hydrogen-bond acceptors (Lipinski definition) is 2. The number of aliphatic hydroxyl groups is 1. The van der Waals surface area contributed by atoms with Gasteiger partial charge in [0.2, 0.25) is 0 Å². The highest BCUT2D eigenvalue weighted by Crippen LogP contribution is 2.46. The first-order valence-electron chi connectivity index (χ1n) is 6.49. The number of fused-ring (bicyclic) bond motifs is 2. The molecular formula is C16H15NO. The maximum atomic E-state index is 10.6. The van der Waals surface area contributed by atoms with E-state index < -0.39 is 6.10 Å². The first-order chi connectivity index (χ1) is 8.86. The molecule has 2 aromatic carbocycles. The van der Waals surface area contributed by atoms with E-state index in [9.17, 15) is 5.11 Å². The Bertz CT molecular complexity index is 620. The van der Waals surface area contributed by atoms with Crippen LogP contribution in [0.2, 0.25) is 0 Å². The smallest absolute Gasteiger partial charge is 0.0991 e. The molecule has 0 saturated carbocycles. The van der Waals surface area contributed by atoms with Gasteiger partial charge in [-0.3, -0.25) is 0 Å². The fourth-order valence-corrected chi connectivity index (χ4v) is 3.35. The maximum absolute atomic E-state index is 10.6. The molecule has 2 heteroatoms. The summed E-state index contributed by atoms with van der Waals surface area (Å²) in [7, 11) is 0. The van der Waals surface area contributed by atoms with Crippen molar-refractivity contribution in [1.29, 1.82) is 0 Å². The Hall–Kier alpha value is -1.64. The maximum Gasteiger partial charge on any atom is 0.0991 e. The van der Waals surface area contributed by atoms with Crippen molar-refractivity contribution in [3.63, 3.8) is 0 Å². The van der Waals surface area contributed by atoms with Gasteiger partial charge in [-0.05, 0) is 40.8 Å². The van der Waals surface area contributed by atoms with Crippen molar-refractivity contribution in [2.24, 2.45) is 0 Å². The van der Waals surface area contributed by atoms with E-state index in [-0.39, 0.29) is 6.04 Å². The number of nitrogens with one attached hydrogen (secondary N) is 1. The van der Waals surface area contributed by atoms with Gasteiger partial charge in [-0.2, -0.15) is 0 Å². The molecule has 2 atom stereocenters. The van der Waals surface area contributed by atoms with E-state index in [0.717, 1.165) is 18.5 Å². The van der Waals surface area contributed by atoms with Crippen molar-refractivity contribution in [1.82, 2.24) is 5.32 Å². The molecule has 1 aliphatic heterocycles. The summed E-state index contributed by atoms with van der Waals surface area (Å²) < 4.78 is 0. The second-order valence-corrected chi connectivity index (χ2v) is 5.09. The monoisotopic (exact) mass is 237 g/mol. The summed E-state index contributed by atoms with van der Waals surface area (Å²) in [6.45, 7) is 0.945. The molecule has 2 aliphatic rings. The van der Waals surface area contributed by atoms with Gasteiger partial charge in [-0.15, -0.1) is 0 Å². The quantitative estimate of drug-likeness (QED) is 0.738. The van der Waals surface area contributed by atoms with Crippen molar-refractivity contribution in [3.8, 4) is 11.1 Å². The van der Waals surface area contributed by atoms with Crippen LogP contribution in [0, 0.1) is 0 Å². The number of benzene rings is 2. The summed E-state index contributed by atoms with van der Waals surface area (Å²) in [6, 6.07) is 14.7. The molecule has 2 N–H and O–H groups in total. The zero-order valence-electron chi connectivity index (χ0n) is 10.1. The van der Waals surface area contributed by atoms with Gasteiger partial charge in [0.05, 0.1) is 12.1 Å². The molecule has 0 aromatic heterocycles. The van der Waals surface area contributed by atoms with E-state index in [1.807, 2.05) is 18.2 Å². The Morgan fingerprint density at radius 2 is 1.83 bits per heavy atom. The molecule has 18 heavy (non-hydrogen) atoms. The molecule has 0 spiro atoms. The topological polar surface area (TPSA) is 32.3 Å². The molecule has 90 valence electrons. The highest BCUT2D eigenvalue weighted by atomic mass is 16.3. The lowest BCUT2D eigenvalue weighted by molar-refractivity contribution is 0.124. The minimum atomic E-state index is -0.435. The standard InChI is InChI=1S/C16H15NO/c18-16-13-6-2-1-5-11(13)12-7-3-4-10-8-9-17-15(16)14(10)12/h1-7,15-18H,8-9H2. The highest BCUT2D eigenvalue weighted by molar-refractivity contribution is 5.76. The second kappa shape index (κ2) is 3.67. The van der Waals surface area contributed by atoms with E-state index in [1.165, 1.54) is 22.3 Å². The lowest BCUT2D eigenvalue weighted by atomic mass is 9.76. The Kier molecular flexibility index (Phi) is 2.10. The summed E-state index contributed by atoms with van der Waals surface area (Å²) in [4.78, 5) is 0. The molecule has 2 aromatic rings. The first kappa shape index (κ1) is 10.3. The highest BCUT2D eigenvalue weighted by Gasteiger charge is 2.35. The van der Waals surface area contributed by atoms with Crippen LogP contribution >= 0.6 is 0 Å². The van der Waals surface area contributed by atoms with Crippen LogP contribution in [0.25, 0.3) is 11.1 Å². The zero-order valence-corrected chi connectivity index (χ0v) is 10.1. The minimum absolute atomic E-state index is 0.0554. The third kappa shape index (κ3) is 1.25. The molecule has 1 aliphatic carbocycles. The molecule has 0 fully saturated rings. The molecule has 2 nitrogen and oxygen atoms in total. The van der Waals surface area contributed by atoms with Crippen LogP contribution in [0.15, 0.2) is 42.5 Å². The summed E-state index contributed by atoms with van der Waals surface area (Å²) in [5.41, 5.74) is 6.19. The zero-order chi connectivity index (χ0) is 12.1. The van der Waals surface area contributed by atoms with Crippen LogP contribution in [0.5, 0.6) is 0 Å². The van der Waals surface area contributed by atoms with Gasteiger partial charge in [-0.1, -0.05) is 42.5 Å². The van der Waals surface area contributed by atoms with Gasteiger partial charge in [-0.25, -0.2) is 0 Å². The Labute approximate surface area is 106 Å². The first-order valence-corrected chi connectivity index (χ1v) is 6.49. The van der Waals surface area contributed by atoms with Gasteiger partial charge in [0.25, 0.3) is 0 Å². The lowest BCUT2D eigenvalue weighted by Gasteiger charge is -2.37. The van der Waals surface area contributed by atoms with E-state index >= 15 is 0 Å². The summed E-state index contributed by atoms with van der Waals surface area (Å²) in [5.74, 6) is 0. The van der Waals surface area contributed by atoms with Crippen molar-refractivity contribution in [3.05, 3.63) is 59.2 Å². The molecule has 0 radical (unpaired) electrons. The van der Waals surface area contributed by atoms with Gasteiger partial charge in [0.1, 0.15) is 0 Å². The fraction of sp³-hybridized carbons (Fsp3) is 0.250. The van der Waals surface area contributed by atoms with Crippen LogP contribution in [0.1, 0.15) is 28.8 Å². The van der Waals surface area contributed by atoms with Crippen molar-refractivity contribution in [2.75, 3.05) is 6.54 Å². The molecule has 2 unspecified atom stereocenters. The van der Waals surface area contributed by atoms with Crippen LogP contribution < -0.4 is 5.32 Å². The summed E-state index contributed by atoms with van der Waals surface area (Å²) in [5, 5.41) is 14.0. The second-order valence-electron chi connectivity index (χ2n) is 5.09. The predicted octanol–water partition coefficient (Wildman–Crippen LogP) is 2.59. The van der Waals surface area contributed by atoms with Crippen molar-refractivity contribution in [2.45, 2.75) is 18.6 Å². The summed E-state index contributed by atoms with van der Waals surface area (Å²) >= 11 is 0. The Morgan fingerprint density at radius 3 is 2.78 bits per heavy atom. The van der Waals surface area contributed by atoms with E-state index in [2.05, 4.69) is 29.6 Å². The predicted molar refractivity (Wildman–Crippen MR) is 71.3 cm³/mol. The molecule has 0 saturated heterocycles. The van der Waals surface area contributed by atoms with E-state index in [4.69, 9.17) is 0 Å². The van der Waals surface area contributed by atoms with E-state index in [1.54, 1.807) is 0 Å². The van der Waals surface area contributed by atoms with E-state index in [0.29, 0.717) is 0 Å². The molecule has 1 heterocycles. The largest absolute Gasteiger partial charge is 0.386 e. The van der Waals surface area contributed by atoms with Crippen molar-refractivity contribution < 1.29 is 5.11 Å². The average Bonchev–Trinajstić information content (AvgIpc) is 2.44. The summed E-state index contributed by atoms with van der Waals surface area (Å²) in [6.07, 6.45) is 0.615. The third-order valence-electron chi connectivity index (χ3n) is 4.15. The van der Waals surface area contributed by atoms with Gasteiger partial charge < -0.3 is 10.4 Å². The van der Waals surface area contributed by atoms with Crippen molar-refractivity contribution >= 4 is 0 Å². The van der Waals surface area contributed by atoms with Crippen LogP contribution in [-0.4, -0.2) is 11.7 Å². The average molecular weight is 237 g/mol. The van der Waals surface area contributed by atoms with Gasteiger partial charge >= 0.3 is 0 Å². The number of aliphatic hydroxyl groups excluding tert-OH is 1. The number of rotatable bonds is 0. The third-order valence-corrected chi connectivity index (χ3v) is 4.15. The fourth-order valence-electron chi connectivity index (χ4n) is 3.35. The minimum Gasteiger partial charge on any atom is -0.386 e. The van der Waals surface area contributed by atoms with Crippen LogP contribution in [0.4, 0.5) is 0 Å². The molecular weight excluding hydrogens is 222 g/mol. The molecule has 0 bridgehead atoms. The normalized spacial score (nSPS) is 24.3. The van der Waals surface area contributed by atoms with Crippen LogP contribution in [-0.2, 0) is 6.42 Å². The van der Waals surface area contributed by atoms with Gasteiger partial charge in [0, 0.05) is 0 Å². The Balaban J connectivity index is 2.07. The number of hydrogen-bond donors (Lipinski definition) is 2. The Morgan fingerprint density at radius 1 is 1.00 bits per heavy atom. The van der Waals surface area contributed by atoms with Gasteiger partial charge in [0.15, 0.2) is 0 Å². The molecule has 0 amide bonds.